The first-order chi connectivity index (χ1) is 26.8. The second-order valence-electron chi connectivity index (χ2n) is 15.1. The Kier molecular flexibility index (Phi) is 8.05. The van der Waals surface area contributed by atoms with Crippen molar-refractivity contribution in [2.45, 2.75) is 32.6 Å². The number of aromatic hydroxyl groups is 1. The highest BCUT2D eigenvalue weighted by Crippen LogP contribution is 2.65. The molecule has 1 saturated carbocycles. The first-order valence-electron chi connectivity index (χ1n) is 18.1. The summed E-state index contributed by atoms with van der Waals surface area (Å²) in [6.07, 6.45) is 2.08. The van der Waals surface area contributed by atoms with Gasteiger partial charge in [-0.15, -0.1) is 11.3 Å². The van der Waals surface area contributed by atoms with Gasteiger partial charge in [-0.05, 0) is 80.0 Å². The molecule has 2 aromatic heterocycles. The van der Waals surface area contributed by atoms with Crippen molar-refractivity contribution in [3.8, 4) is 22.1 Å². The average Bonchev–Trinajstić information content (AvgIpc) is 3.85. The predicted molar refractivity (Wildman–Crippen MR) is 209 cm³/mol. The number of phenolic OH excluding ortho intramolecular Hbond substituents is 1. The number of halogens is 1. The molecule has 6 unspecified atom stereocenters. The highest BCUT2D eigenvalue weighted by Gasteiger charge is 2.68. The molecule has 6 atom stereocenters. The molecule has 0 bridgehead atoms. The van der Waals surface area contributed by atoms with E-state index < -0.39 is 63.6 Å². The Morgan fingerprint density at radius 3 is 2.52 bits per heavy atom. The van der Waals surface area contributed by atoms with E-state index in [-0.39, 0.29) is 35.8 Å². The number of nitro benzene ring substituents is 1. The van der Waals surface area contributed by atoms with Crippen molar-refractivity contribution in [3.63, 3.8) is 0 Å². The van der Waals surface area contributed by atoms with Gasteiger partial charge >= 0.3 is 0 Å². The van der Waals surface area contributed by atoms with E-state index in [1.807, 2.05) is 31.2 Å². The summed E-state index contributed by atoms with van der Waals surface area (Å²) >= 11 is 7.84. The van der Waals surface area contributed by atoms with Crippen molar-refractivity contribution in [1.82, 2.24) is 9.78 Å². The van der Waals surface area contributed by atoms with Crippen LogP contribution >= 0.6 is 22.9 Å². The number of benzene rings is 3. The fourth-order valence-electron chi connectivity index (χ4n) is 9.76. The summed E-state index contributed by atoms with van der Waals surface area (Å²) in [7, 11) is 3.12. The van der Waals surface area contributed by atoms with Crippen molar-refractivity contribution in [2.75, 3.05) is 16.9 Å². The van der Waals surface area contributed by atoms with Crippen LogP contribution in [0, 0.1) is 46.1 Å². The van der Waals surface area contributed by atoms with Gasteiger partial charge in [0, 0.05) is 46.5 Å². The van der Waals surface area contributed by atoms with Gasteiger partial charge in [0.15, 0.2) is 0 Å². The zero-order valence-electron chi connectivity index (χ0n) is 30.6. The smallest absolute Gasteiger partial charge is 0.271 e. The number of nitro groups is 1. The number of methoxy groups -OCH3 is 1. The average molecular weight is 792 g/mol. The number of thiophene rings is 1. The van der Waals surface area contributed by atoms with Gasteiger partial charge < -0.3 is 9.84 Å². The second-order valence-corrected chi connectivity index (χ2v) is 16.5. The first-order valence-corrected chi connectivity index (χ1v) is 19.2. The van der Waals surface area contributed by atoms with Gasteiger partial charge in [-0.1, -0.05) is 35.4 Å². The van der Waals surface area contributed by atoms with Crippen molar-refractivity contribution in [1.29, 1.82) is 0 Å². The molecule has 2 aliphatic carbocycles. The van der Waals surface area contributed by atoms with Gasteiger partial charge in [-0.2, -0.15) is 5.10 Å². The van der Waals surface area contributed by atoms with E-state index in [0.717, 1.165) is 25.4 Å². The number of carbonyl (C=O) groups is 4. The highest BCUT2D eigenvalue weighted by molar-refractivity contribution is 7.22. The van der Waals surface area contributed by atoms with Crippen molar-refractivity contribution in [2.24, 2.45) is 36.1 Å². The van der Waals surface area contributed by atoms with Crippen LogP contribution in [0.4, 0.5) is 17.2 Å². The lowest BCUT2D eigenvalue weighted by Gasteiger charge is -2.49. The zero-order chi connectivity index (χ0) is 39.5. The third-order valence-electron chi connectivity index (χ3n) is 12.3. The van der Waals surface area contributed by atoms with Crippen LogP contribution in [-0.4, -0.2) is 50.5 Å². The maximum atomic E-state index is 15.2. The number of ether oxygens (including phenoxy) is 1. The highest BCUT2D eigenvalue weighted by atomic mass is 35.5. The molecule has 1 N–H and O–H groups in total. The Labute approximate surface area is 328 Å². The van der Waals surface area contributed by atoms with Crippen LogP contribution in [0.2, 0.25) is 5.02 Å². The summed E-state index contributed by atoms with van der Waals surface area (Å²) in [6, 6.07) is 17.6. The molecule has 4 heterocycles. The number of non-ortho nitro benzene ring substituents is 1. The molecule has 0 radical (unpaired) electrons. The number of anilines is 2. The number of amides is 4. The fraction of sp³-hybridized carbons (Fsp3) is 0.293. The summed E-state index contributed by atoms with van der Waals surface area (Å²) in [5.41, 5.74) is 0.858. The fourth-order valence-corrected chi connectivity index (χ4v) is 11.1. The van der Waals surface area contributed by atoms with Crippen LogP contribution in [0.1, 0.15) is 36.8 Å². The van der Waals surface area contributed by atoms with E-state index in [0.29, 0.717) is 27.6 Å². The maximum absolute atomic E-state index is 15.2. The first kappa shape index (κ1) is 35.8. The minimum Gasteiger partial charge on any atom is -0.508 e. The standard InChI is InChI=1S/C41H34ClN5O8S/c1-19-25-15-20(42)11-14-31(25)56-36(19)28-18-32(44(3)43-28)46-38(50)27-17-26-23(35(41(27,2)40(46)52)34-29(48)9-6-10-30(34)55-4)12-13-24-33(26)39(51)45(37(24)49)21-7-5-8-22(16-21)47(53)54/h5-12,14-16,18,24,26-27,33,35,48H,13,17H2,1-4H3. The van der Waals surface area contributed by atoms with Gasteiger partial charge in [-0.3, -0.25) is 34.0 Å². The van der Waals surface area contributed by atoms with Gasteiger partial charge in [0.1, 0.15) is 23.0 Å². The lowest BCUT2D eigenvalue weighted by atomic mass is 9.51. The third-order valence-corrected chi connectivity index (χ3v) is 13.9. The van der Waals surface area contributed by atoms with E-state index >= 15 is 4.79 Å². The van der Waals surface area contributed by atoms with Gasteiger partial charge in [-0.25, -0.2) is 9.80 Å². The number of phenols is 1. The number of carbonyl (C=O) groups excluding carboxylic acids is 4. The minimum atomic E-state index is -1.46. The summed E-state index contributed by atoms with van der Waals surface area (Å²) in [5.74, 6) is -5.90. The molecule has 284 valence electrons. The Morgan fingerprint density at radius 2 is 1.77 bits per heavy atom. The lowest BCUT2D eigenvalue weighted by Crippen LogP contribution is -2.49. The number of hydrogen-bond acceptors (Lipinski definition) is 10. The van der Waals surface area contributed by atoms with E-state index in [1.165, 1.54) is 58.4 Å². The van der Waals surface area contributed by atoms with Crippen molar-refractivity contribution < 1.29 is 33.9 Å². The topological polar surface area (TPSA) is 165 Å². The molecular formula is C41H34ClN5O8S. The number of nitrogens with zero attached hydrogens (tertiary/aromatic N) is 5. The predicted octanol–water partition coefficient (Wildman–Crippen LogP) is 7.32. The Bertz CT molecular complexity index is 2630. The van der Waals surface area contributed by atoms with Crippen LogP contribution in [0.5, 0.6) is 11.5 Å². The Hall–Kier alpha value is -5.86. The number of hydrogen-bond donors (Lipinski definition) is 1. The summed E-state index contributed by atoms with van der Waals surface area (Å²) in [6.45, 7) is 3.70. The molecule has 9 rings (SSSR count). The number of aromatic nitrogens is 2. The van der Waals surface area contributed by atoms with E-state index in [9.17, 15) is 29.6 Å². The largest absolute Gasteiger partial charge is 0.508 e. The molecule has 4 aliphatic rings. The molecule has 2 saturated heterocycles. The number of fused-ring (bicyclic) bond motifs is 5. The van der Waals surface area contributed by atoms with Crippen molar-refractivity contribution in [3.05, 3.63) is 105 Å². The Balaban J connectivity index is 1.17. The molecule has 56 heavy (non-hydrogen) atoms. The molecular weight excluding hydrogens is 758 g/mol. The second kappa shape index (κ2) is 12.6. The SMILES string of the molecule is COc1cccc(O)c1C1C2=CCC3C(=O)N(c4cccc([N+](=O)[O-])c4)C(=O)C3C2CC2C(=O)N(c3cc(-c4sc5ccc(Cl)cc5c4C)nn3C)C(=O)C21C. The van der Waals surface area contributed by atoms with Crippen LogP contribution in [0.15, 0.2) is 78.4 Å². The van der Waals surface area contributed by atoms with Crippen LogP contribution < -0.4 is 14.5 Å². The molecule has 15 heteroatoms. The van der Waals surface area contributed by atoms with Crippen LogP contribution in [-0.2, 0) is 26.2 Å². The van der Waals surface area contributed by atoms with Gasteiger partial charge in [0.05, 0.1) is 45.8 Å². The van der Waals surface area contributed by atoms with E-state index in [1.54, 1.807) is 32.2 Å². The summed E-state index contributed by atoms with van der Waals surface area (Å²) < 4.78 is 8.29. The Morgan fingerprint density at radius 1 is 1.00 bits per heavy atom. The van der Waals surface area contributed by atoms with Gasteiger partial charge in [0.2, 0.25) is 23.6 Å². The summed E-state index contributed by atoms with van der Waals surface area (Å²) in [4.78, 5) is 72.6. The lowest BCUT2D eigenvalue weighted by molar-refractivity contribution is -0.384. The van der Waals surface area contributed by atoms with Crippen molar-refractivity contribution >= 4 is 73.8 Å². The molecule has 3 aromatic carbocycles. The van der Waals surface area contributed by atoms with Crippen LogP contribution in [0.25, 0.3) is 20.7 Å². The molecule has 5 aromatic rings. The maximum Gasteiger partial charge on any atom is 0.271 e. The van der Waals surface area contributed by atoms with E-state index in [2.05, 4.69) is 0 Å². The molecule has 4 amide bonds. The molecule has 2 aliphatic heterocycles. The molecule has 13 nitrogen and oxygen atoms in total. The quantitative estimate of drug-likeness (QED) is 0.0803. The van der Waals surface area contributed by atoms with Crippen LogP contribution in [0.3, 0.4) is 0 Å². The number of aryl methyl sites for hydroxylation is 2. The number of rotatable bonds is 6. The number of allylic oxidation sites excluding steroid dienone is 2. The molecule has 3 fully saturated rings. The third kappa shape index (κ3) is 4.87. The summed E-state index contributed by atoms with van der Waals surface area (Å²) in [5, 5.41) is 29.5. The molecule has 0 spiro atoms. The minimum absolute atomic E-state index is 0.0691. The van der Waals surface area contributed by atoms with Gasteiger partial charge in [0.25, 0.3) is 5.69 Å². The monoisotopic (exact) mass is 791 g/mol. The normalized spacial score (nSPS) is 25.7. The zero-order valence-corrected chi connectivity index (χ0v) is 32.1. The van der Waals surface area contributed by atoms with E-state index in [4.69, 9.17) is 21.4 Å². The number of imide groups is 2.